The third-order valence-corrected chi connectivity index (χ3v) is 6.09. The maximum Gasteiger partial charge on any atom is 0.318 e. The van der Waals surface area contributed by atoms with E-state index < -0.39 is 0 Å². The molecule has 26 heavy (non-hydrogen) atoms. The zero-order valence-electron chi connectivity index (χ0n) is 14.9. The SMILES string of the molecule is O=C(NC1C[C@H]2CC[C@@H](C1)N2C(=O)NC1CCCC1)c1ccc(F)cc1. The molecule has 3 amide bonds. The maximum absolute atomic E-state index is 13.0. The number of nitrogens with one attached hydrogen (secondary N) is 2. The Kier molecular flexibility index (Phi) is 4.83. The number of nitrogens with zero attached hydrogens (tertiary/aromatic N) is 1. The smallest absolute Gasteiger partial charge is 0.318 e. The molecule has 3 atom stereocenters. The number of amides is 3. The summed E-state index contributed by atoms with van der Waals surface area (Å²) in [5, 5.41) is 6.27. The van der Waals surface area contributed by atoms with E-state index in [0.717, 1.165) is 38.5 Å². The van der Waals surface area contributed by atoms with Crippen LogP contribution in [0.15, 0.2) is 24.3 Å². The molecule has 0 aromatic heterocycles. The van der Waals surface area contributed by atoms with Crippen LogP contribution in [-0.2, 0) is 0 Å². The van der Waals surface area contributed by atoms with Gasteiger partial charge in [0.25, 0.3) is 5.91 Å². The molecule has 1 saturated carbocycles. The van der Waals surface area contributed by atoms with Crippen molar-refractivity contribution in [3.05, 3.63) is 35.6 Å². The fraction of sp³-hybridized carbons (Fsp3) is 0.600. The minimum Gasteiger partial charge on any atom is -0.349 e. The van der Waals surface area contributed by atoms with Crippen molar-refractivity contribution in [3.8, 4) is 0 Å². The highest BCUT2D eigenvalue weighted by Crippen LogP contribution is 2.36. The quantitative estimate of drug-likeness (QED) is 0.871. The number of urea groups is 1. The summed E-state index contributed by atoms with van der Waals surface area (Å²) in [5.41, 5.74) is 0.472. The molecule has 1 aromatic rings. The van der Waals surface area contributed by atoms with Crippen LogP contribution in [0.2, 0.25) is 0 Å². The van der Waals surface area contributed by atoms with Crippen molar-refractivity contribution < 1.29 is 14.0 Å². The third kappa shape index (κ3) is 3.55. The number of piperidine rings is 1. The van der Waals surface area contributed by atoms with Crippen molar-refractivity contribution in [2.24, 2.45) is 0 Å². The molecule has 1 unspecified atom stereocenters. The Bertz CT molecular complexity index is 658. The lowest BCUT2D eigenvalue weighted by Crippen LogP contribution is -2.56. The predicted octanol–water partition coefficient (Wildman–Crippen LogP) is 3.20. The number of halogens is 1. The van der Waals surface area contributed by atoms with Crippen molar-refractivity contribution in [2.75, 3.05) is 0 Å². The molecule has 2 N–H and O–H groups in total. The van der Waals surface area contributed by atoms with Crippen LogP contribution in [0.1, 0.15) is 61.7 Å². The zero-order valence-corrected chi connectivity index (χ0v) is 14.9. The number of hydrogen-bond donors (Lipinski definition) is 2. The van der Waals surface area contributed by atoms with E-state index in [1.807, 2.05) is 4.90 Å². The highest BCUT2D eigenvalue weighted by atomic mass is 19.1. The van der Waals surface area contributed by atoms with Crippen LogP contribution < -0.4 is 10.6 Å². The second kappa shape index (κ2) is 7.25. The summed E-state index contributed by atoms with van der Waals surface area (Å²) in [7, 11) is 0. The molecule has 6 heteroatoms. The van der Waals surface area contributed by atoms with Gasteiger partial charge in [-0.1, -0.05) is 12.8 Å². The normalized spacial score (nSPS) is 28.2. The Morgan fingerprint density at radius 2 is 1.50 bits per heavy atom. The first kappa shape index (κ1) is 17.3. The monoisotopic (exact) mass is 359 g/mol. The Labute approximate surface area is 153 Å². The predicted molar refractivity (Wildman–Crippen MR) is 96.3 cm³/mol. The molecular formula is C20H26FN3O2. The van der Waals surface area contributed by atoms with E-state index in [2.05, 4.69) is 10.6 Å². The average molecular weight is 359 g/mol. The van der Waals surface area contributed by atoms with Crippen LogP contribution in [0.4, 0.5) is 9.18 Å². The molecule has 2 bridgehead atoms. The second-order valence-electron chi connectivity index (χ2n) is 7.87. The van der Waals surface area contributed by atoms with Crippen LogP contribution in [0, 0.1) is 5.82 Å². The summed E-state index contributed by atoms with van der Waals surface area (Å²) >= 11 is 0. The first-order chi connectivity index (χ1) is 12.6. The van der Waals surface area contributed by atoms with E-state index >= 15 is 0 Å². The molecule has 1 aromatic carbocycles. The Morgan fingerprint density at radius 3 is 2.12 bits per heavy atom. The molecule has 2 aliphatic heterocycles. The van der Waals surface area contributed by atoms with E-state index in [9.17, 15) is 14.0 Å². The van der Waals surface area contributed by atoms with Gasteiger partial charge >= 0.3 is 6.03 Å². The minimum absolute atomic E-state index is 0.0700. The van der Waals surface area contributed by atoms with E-state index in [0.29, 0.717) is 11.6 Å². The van der Waals surface area contributed by atoms with Crippen LogP contribution in [0.3, 0.4) is 0 Å². The van der Waals surface area contributed by atoms with Crippen LogP contribution in [0.5, 0.6) is 0 Å². The van der Waals surface area contributed by atoms with Crippen molar-refractivity contribution >= 4 is 11.9 Å². The summed E-state index contributed by atoms with van der Waals surface area (Å²) in [6.45, 7) is 0. The lowest BCUT2D eigenvalue weighted by atomic mass is 9.97. The number of carbonyl (C=O) groups excluding carboxylic acids is 2. The molecule has 3 aliphatic rings. The van der Waals surface area contributed by atoms with Crippen LogP contribution >= 0.6 is 0 Å². The maximum atomic E-state index is 13.0. The highest BCUT2D eigenvalue weighted by Gasteiger charge is 2.44. The average Bonchev–Trinajstić information content (AvgIpc) is 3.21. The van der Waals surface area contributed by atoms with Crippen LogP contribution in [-0.4, -0.2) is 41.0 Å². The Morgan fingerprint density at radius 1 is 0.885 bits per heavy atom. The van der Waals surface area contributed by atoms with Gasteiger partial charge in [0.1, 0.15) is 5.82 Å². The van der Waals surface area contributed by atoms with E-state index in [-0.39, 0.29) is 35.9 Å². The van der Waals surface area contributed by atoms with Gasteiger partial charge in [-0.15, -0.1) is 0 Å². The first-order valence-electron chi connectivity index (χ1n) is 9.75. The fourth-order valence-corrected chi connectivity index (χ4v) is 4.82. The lowest BCUT2D eigenvalue weighted by molar-refractivity contribution is 0.0883. The van der Waals surface area contributed by atoms with E-state index in [4.69, 9.17) is 0 Å². The van der Waals surface area contributed by atoms with Crippen molar-refractivity contribution in [2.45, 2.75) is 75.5 Å². The molecule has 140 valence electrons. The molecule has 2 heterocycles. The molecule has 4 rings (SSSR count). The van der Waals surface area contributed by atoms with Gasteiger partial charge in [-0.25, -0.2) is 9.18 Å². The summed E-state index contributed by atoms with van der Waals surface area (Å²) in [6, 6.07) is 6.49. The molecule has 0 radical (unpaired) electrons. The summed E-state index contributed by atoms with van der Waals surface area (Å²) in [5.74, 6) is -0.514. The standard InChI is InChI=1S/C20H26FN3O2/c21-14-7-5-13(6-8-14)19(25)22-16-11-17-9-10-18(12-16)24(17)20(26)23-15-3-1-2-4-15/h5-8,15-18H,1-4,9-12H2,(H,22,25)(H,23,26)/t16?,17-,18+. The highest BCUT2D eigenvalue weighted by molar-refractivity contribution is 5.94. The van der Waals surface area contributed by atoms with E-state index in [1.54, 1.807) is 0 Å². The third-order valence-electron chi connectivity index (χ3n) is 6.09. The molecule has 3 fully saturated rings. The van der Waals surface area contributed by atoms with Crippen molar-refractivity contribution in [1.82, 2.24) is 15.5 Å². The Hall–Kier alpha value is -2.11. The van der Waals surface area contributed by atoms with Crippen molar-refractivity contribution in [3.63, 3.8) is 0 Å². The summed E-state index contributed by atoms with van der Waals surface area (Å²) in [4.78, 5) is 27.1. The van der Waals surface area contributed by atoms with Gasteiger partial charge in [0, 0.05) is 29.7 Å². The van der Waals surface area contributed by atoms with Gasteiger partial charge in [-0.2, -0.15) is 0 Å². The summed E-state index contributed by atoms with van der Waals surface area (Å²) in [6.07, 6.45) is 8.18. The van der Waals surface area contributed by atoms with Gasteiger partial charge in [-0.05, 0) is 62.8 Å². The Balaban J connectivity index is 1.34. The number of carbonyl (C=O) groups is 2. The first-order valence-corrected chi connectivity index (χ1v) is 9.75. The number of fused-ring (bicyclic) bond motifs is 2. The largest absolute Gasteiger partial charge is 0.349 e. The number of hydrogen-bond acceptors (Lipinski definition) is 2. The van der Waals surface area contributed by atoms with Crippen LogP contribution in [0.25, 0.3) is 0 Å². The fourth-order valence-electron chi connectivity index (χ4n) is 4.82. The lowest BCUT2D eigenvalue weighted by Gasteiger charge is -2.39. The molecule has 2 saturated heterocycles. The van der Waals surface area contributed by atoms with Gasteiger partial charge in [0.05, 0.1) is 0 Å². The molecule has 0 spiro atoms. The minimum atomic E-state index is -0.346. The number of rotatable bonds is 3. The topological polar surface area (TPSA) is 61.4 Å². The zero-order chi connectivity index (χ0) is 18.1. The van der Waals surface area contributed by atoms with Gasteiger partial charge < -0.3 is 15.5 Å². The van der Waals surface area contributed by atoms with Gasteiger partial charge in [-0.3, -0.25) is 4.79 Å². The molecular weight excluding hydrogens is 333 g/mol. The number of benzene rings is 1. The van der Waals surface area contributed by atoms with Gasteiger partial charge in [0.2, 0.25) is 0 Å². The second-order valence-corrected chi connectivity index (χ2v) is 7.87. The van der Waals surface area contributed by atoms with E-state index in [1.165, 1.54) is 37.1 Å². The van der Waals surface area contributed by atoms with Gasteiger partial charge in [0.15, 0.2) is 0 Å². The molecule has 1 aliphatic carbocycles. The summed E-state index contributed by atoms with van der Waals surface area (Å²) < 4.78 is 13.0. The van der Waals surface area contributed by atoms with Crippen molar-refractivity contribution in [1.29, 1.82) is 0 Å². The molecule has 5 nitrogen and oxygen atoms in total.